The van der Waals surface area contributed by atoms with Crippen LogP contribution in [-0.2, 0) is 41.7 Å². The number of alkyl halides is 3. The summed E-state index contributed by atoms with van der Waals surface area (Å²) in [6.07, 6.45) is -3.17. The average molecular weight is 724 g/mol. The molecule has 1 spiro atoms. The normalized spacial score (nSPS) is 25.0. The number of hydrogen-bond donors (Lipinski definition) is 2. The summed E-state index contributed by atoms with van der Waals surface area (Å²) in [5.41, 5.74) is 5.20. The third kappa shape index (κ3) is 8.19. The molecule has 0 aromatic heterocycles. The molecule has 0 unspecified atom stereocenters. The van der Waals surface area contributed by atoms with Crippen molar-refractivity contribution in [2.45, 2.75) is 81.8 Å². The van der Waals surface area contributed by atoms with Crippen molar-refractivity contribution >= 4 is 11.8 Å². The second-order valence-corrected chi connectivity index (χ2v) is 13.9. The highest BCUT2D eigenvalue weighted by molar-refractivity contribution is 5.90. The molecule has 0 radical (unpaired) electrons. The summed E-state index contributed by atoms with van der Waals surface area (Å²) in [7, 11) is 0. The molecule has 278 valence electrons. The van der Waals surface area contributed by atoms with Crippen LogP contribution in [-0.4, -0.2) is 90.2 Å². The molecule has 3 aromatic carbocycles. The molecular formula is C39H44F3N3O7. The molecule has 4 atom stereocenters. The van der Waals surface area contributed by atoms with Gasteiger partial charge in [-0.15, -0.1) is 0 Å². The molecule has 2 amide bonds. The summed E-state index contributed by atoms with van der Waals surface area (Å²) in [5, 5.41) is 12.3. The summed E-state index contributed by atoms with van der Waals surface area (Å²) in [6, 6.07) is 22.0. The first kappa shape index (κ1) is 36.5. The Hall–Kier alpha value is -3.85. The van der Waals surface area contributed by atoms with Gasteiger partial charge in [0.1, 0.15) is 6.04 Å². The van der Waals surface area contributed by atoms with E-state index in [1.54, 1.807) is 0 Å². The molecule has 4 aliphatic rings. The topological polar surface area (TPSA) is 110 Å². The van der Waals surface area contributed by atoms with Crippen molar-refractivity contribution in [3.8, 4) is 11.1 Å². The highest BCUT2D eigenvalue weighted by atomic mass is 19.4. The van der Waals surface area contributed by atoms with Crippen LogP contribution < -0.4 is 5.32 Å². The SMILES string of the molecule is O=C(NCc1ccccc1-c1ccc([C@H]2O[C@@H](CN3CCC4(CC3)OCCO4)C[C@@H](c3ccc(CO)cc3)O2)cc1)[C@@H]1CCCN1C(=O)C(F)(F)F. The number of ether oxygens (including phenoxy) is 4. The van der Waals surface area contributed by atoms with Crippen molar-refractivity contribution in [2.24, 2.45) is 0 Å². The number of rotatable bonds is 9. The van der Waals surface area contributed by atoms with Gasteiger partial charge in [-0.05, 0) is 40.7 Å². The Bertz CT molecular complexity index is 1690. The van der Waals surface area contributed by atoms with Gasteiger partial charge in [0.05, 0.1) is 32.0 Å². The number of aliphatic hydroxyl groups excluding tert-OH is 1. The Morgan fingerprint density at radius 1 is 0.885 bits per heavy atom. The number of likely N-dealkylation sites (tertiary alicyclic amines) is 2. The van der Waals surface area contributed by atoms with Crippen LogP contribution in [0.5, 0.6) is 0 Å². The van der Waals surface area contributed by atoms with Crippen LogP contribution in [0.15, 0.2) is 72.8 Å². The van der Waals surface area contributed by atoms with Crippen LogP contribution >= 0.6 is 0 Å². The first-order valence-electron chi connectivity index (χ1n) is 18.0. The molecule has 3 aromatic rings. The van der Waals surface area contributed by atoms with Crippen LogP contribution in [0.25, 0.3) is 11.1 Å². The molecule has 7 rings (SSSR count). The van der Waals surface area contributed by atoms with Gasteiger partial charge in [0.2, 0.25) is 5.91 Å². The second-order valence-electron chi connectivity index (χ2n) is 13.9. The summed E-state index contributed by atoms with van der Waals surface area (Å²) in [4.78, 5) is 27.9. The largest absolute Gasteiger partial charge is 0.471 e. The maximum atomic E-state index is 13.1. The van der Waals surface area contributed by atoms with E-state index in [1.807, 2.05) is 72.8 Å². The standard InChI is InChI=1S/C39H44F3N3O7/c40-39(41,42)37(48)45-17-3-6-33(45)35(47)43-23-30-4-1-2-5-32(30)27-11-13-29(14-12-27)36-51-31(22-34(52-36)28-9-7-26(25-46)8-10-28)24-44-18-15-38(16-19-44)49-20-21-50-38/h1-2,4-5,7-14,31,33-34,36,46H,3,6,15-25H2,(H,43,47)/t31-,33+,34+,36+/m1/s1. The number of aliphatic hydroxyl groups is 1. The number of carbonyl (C=O) groups is 2. The lowest BCUT2D eigenvalue weighted by molar-refractivity contribution is -0.255. The molecule has 0 saturated carbocycles. The van der Waals surface area contributed by atoms with E-state index in [1.165, 1.54) is 0 Å². The Labute approximate surface area is 300 Å². The third-order valence-corrected chi connectivity index (χ3v) is 10.5. The Kier molecular flexibility index (Phi) is 11.0. The van der Waals surface area contributed by atoms with Gasteiger partial charge in [0, 0.05) is 57.5 Å². The molecule has 4 aliphatic heterocycles. The number of hydrogen-bond acceptors (Lipinski definition) is 8. The Morgan fingerprint density at radius 3 is 2.27 bits per heavy atom. The minimum Gasteiger partial charge on any atom is -0.392 e. The van der Waals surface area contributed by atoms with Gasteiger partial charge in [0.25, 0.3) is 0 Å². The molecule has 4 fully saturated rings. The first-order chi connectivity index (χ1) is 25.1. The van der Waals surface area contributed by atoms with Gasteiger partial charge in [0.15, 0.2) is 12.1 Å². The van der Waals surface area contributed by atoms with Gasteiger partial charge in [-0.3, -0.25) is 9.59 Å². The van der Waals surface area contributed by atoms with Crippen molar-refractivity contribution in [3.63, 3.8) is 0 Å². The van der Waals surface area contributed by atoms with E-state index in [4.69, 9.17) is 18.9 Å². The smallest absolute Gasteiger partial charge is 0.392 e. The van der Waals surface area contributed by atoms with Crippen LogP contribution in [0.3, 0.4) is 0 Å². The lowest BCUT2D eigenvalue weighted by Crippen LogP contribution is -2.50. The van der Waals surface area contributed by atoms with Gasteiger partial charge >= 0.3 is 12.1 Å². The van der Waals surface area contributed by atoms with Crippen molar-refractivity contribution in [1.82, 2.24) is 15.1 Å². The maximum absolute atomic E-state index is 13.1. The van der Waals surface area contributed by atoms with Crippen LogP contribution in [0.2, 0.25) is 0 Å². The monoisotopic (exact) mass is 723 g/mol. The summed E-state index contributed by atoms with van der Waals surface area (Å²) >= 11 is 0. The van der Waals surface area contributed by atoms with Crippen LogP contribution in [0.4, 0.5) is 13.2 Å². The number of nitrogens with one attached hydrogen (secondary N) is 1. The number of carbonyl (C=O) groups excluding carboxylic acids is 2. The summed E-state index contributed by atoms with van der Waals surface area (Å²) in [6.45, 7) is 3.66. The minimum absolute atomic E-state index is 0.0337. The summed E-state index contributed by atoms with van der Waals surface area (Å²) < 4.78 is 64.3. The van der Waals surface area contributed by atoms with E-state index in [0.717, 1.165) is 65.9 Å². The molecule has 0 bridgehead atoms. The van der Waals surface area contributed by atoms with Crippen LogP contribution in [0, 0.1) is 0 Å². The zero-order chi connectivity index (χ0) is 36.3. The lowest BCUT2D eigenvalue weighted by atomic mass is 9.97. The number of amides is 2. The zero-order valence-electron chi connectivity index (χ0n) is 28.9. The zero-order valence-corrected chi connectivity index (χ0v) is 28.9. The fraction of sp³-hybridized carbons (Fsp3) is 0.487. The predicted molar refractivity (Wildman–Crippen MR) is 183 cm³/mol. The second kappa shape index (κ2) is 15.6. The van der Waals surface area contributed by atoms with Crippen molar-refractivity contribution in [1.29, 1.82) is 0 Å². The van der Waals surface area contributed by atoms with Gasteiger partial charge < -0.3 is 39.2 Å². The molecule has 2 N–H and O–H groups in total. The van der Waals surface area contributed by atoms with Crippen molar-refractivity contribution in [2.75, 3.05) is 39.4 Å². The fourth-order valence-electron chi connectivity index (χ4n) is 7.70. The first-order valence-corrected chi connectivity index (χ1v) is 18.0. The molecule has 4 heterocycles. The van der Waals surface area contributed by atoms with Gasteiger partial charge in [-0.1, -0.05) is 72.8 Å². The van der Waals surface area contributed by atoms with E-state index in [9.17, 15) is 27.9 Å². The Morgan fingerprint density at radius 2 is 1.58 bits per heavy atom. The van der Waals surface area contributed by atoms with Crippen molar-refractivity contribution in [3.05, 3.63) is 95.1 Å². The molecule has 13 heteroatoms. The predicted octanol–water partition coefficient (Wildman–Crippen LogP) is 5.40. The average Bonchev–Trinajstić information content (AvgIpc) is 3.85. The molecule has 52 heavy (non-hydrogen) atoms. The van der Waals surface area contributed by atoms with E-state index in [-0.39, 0.29) is 38.3 Å². The number of nitrogens with zero attached hydrogens (tertiary/aromatic N) is 2. The summed E-state index contributed by atoms with van der Waals surface area (Å²) in [5.74, 6) is -3.04. The van der Waals surface area contributed by atoms with Gasteiger partial charge in [-0.2, -0.15) is 13.2 Å². The quantitative estimate of drug-likeness (QED) is 0.302. The number of piperidine rings is 1. The van der Waals surface area contributed by atoms with E-state index < -0.39 is 36.1 Å². The lowest BCUT2D eigenvalue weighted by Gasteiger charge is -2.41. The van der Waals surface area contributed by atoms with E-state index in [2.05, 4.69) is 10.2 Å². The maximum Gasteiger partial charge on any atom is 0.471 e. The van der Waals surface area contributed by atoms with Gasteiger partial charge in [-0.25, -0.2) is 0 Å². The van der Waals surface area contributed by atoms with Crippen LogP contribution in [0.1, 0.15) is 66.8 Å². The molecule has 10 nitrogen and oxygen atoms in total. The minimum atomic E-state index is -5.03. The molecule has 0 aliphatic carbocycles. The third-order valence-electron chi connectivity index (χ3n) is 10.5. The van der Waals surface area contributed by atoms with E-state index in [0.29, 0.717) is 31.0 Å². The Balaban J connectivity index is 1.04. The highest BCUT2D eigenvalue weighted by Gasteiger charge is 2.47. The number of benzene rings is 3. The van der Waals surface area contributed by atoms with E-state index >= 15 is 0 Å². The number of halogens is 3. The van der Waals surface area contributed by atoms with Crippen molar-refractivity contribution < 1.29 is 46.8 Å². The fourth-order valence-corrected chi connectivity index (χ4v) is 7.70. The highest BCUT2D eigenvalue weighted by Crippen LogP contribution is 2.40. The molecular weight excluding hydrogens is 679 g/mol. The molecule has 4 saturated heterocycles.